The van der Waals surface area contributed by atoms with Crippen molar-refractivity contribution in [1.82, 2.24) is 25.1 Å². The minimum Gasteiger partial charge on any atom is -0.497 e. The van der Waals surface area contributed by atoms with E-state index < -0.39 is 0 Å². The van der Waals surface area contributed by atoms with Gasteiger partial charge in [-0.15, -0.1) is 15.3 Å². The van der Waals surface area contributed by atoms with Gasteiger partial charge in [-0.25, -0.2) is 0 Å². The lowest BCUT2D eigenvalue weighted by atomic mass is 10.0. The van der Waals surface area contributed by atoms with E-state index in [1.54, 1.807) is 35.9 Å². The van der Waals surface area contributed by atoms with Gasteiger partial charge in [0.1, 0.15) is 11.6 Å². The van der Waals surface area contributed by atoms with Gasteiger partial charge < -0.3 is 15.0 Å². The third kappa shape index (κ3) is 3.99. The summed E-state index contributed by atoms with van der Waals surface area (Å²) in [6, 6.07) is 21.0. The number of ether oxygens (including phenoxy) is 1. The quantitative estimate of drug-likeness (QED) is 0.526. The van der Waals surface area contributed by atoms with E-state index in [0.29, 0.717) is 23.6 Å². The van der Waals surface area contributed by atoms with E-state index >= 15 is 0 Å². The number of rotatable bonds is 5. The number of carbonyl (C=O) groups is 1. The minimum atomic E-state index is -0.0758. The van der Waals surface area contributed by atoms with Gasteiger partial charge in [0.2, 0.25) is 0 Å². The number of amides is 1. The fourth-order valence-corrected chi connectivity index (χ4v) is 4.03. The average molecular weight is 428 g/mol. The van der Waals surface area contributed by atoms with E-state index in [2.05, 4.69) is 20.4 Å². The van der Waals surface area contributed by atoms with Gasteiger partial charge in [0.05, 0.1) is 7.11 Å². The molecule has 2 aromatic carbocycles. The molecule has 162 valence electrons. The summed E-state index contributed by atoms with van der Waals surface area (Å²) in [5.41, 5.74) is 2.29. The maximum Gasteiger partial charge on any atom is 0.251 e. The van der Waals surface area contributed by atoms with Crippen molar-refractivity contribution in [3.63, 3.8) is 0 Å². The summed E-state index contributed by atoms with van der Waals surface area (Å²) in [5.74, 6) is 2.21. The highest BCUT2D eigenvalue weighted by Gasteiger charge is 2.23. The van der Waals surface area contributed by atoms with Gasteiger partial charge in [0.25, 0.3) is 5.91 Å². The number of nitrogens with one attached hydrogen (secondary N) is 1. The van der Waals surface area contributed by atoms with Crippen LogP contribution in [0.25, 0.3) is 17.0 Å². The molecule has 1 fully saturated rings. The maximum atomic E-state index is 12.7. The van der Waals surface area contributed by atoms with Crippen LogP contribution in [0.3, 0.4) is 0 Å². The number of fused-ring (bicyclic) bond motifs is 1. The lowest BCUT2D eigenvalue weighted by Crippen LogP contribution is -2.48. The van der Waals surface area contributed by atoms with Crippen LogP contribution in [0, 0.1) is 0 Å². The number of hydrogen-bond donors (Lipinski definition) is 1. The second kappa shape index (κ2) is 8.66. The Kier molecular flexibility index (Phi) is 5.41. The molecule has 3 heterocycles. The third-order valence-corrected chi connectivity index (χ3v) is 5.71. The summed E-state index contributed by atoms with van der Waals surface area (Å²) in [7, 11) is 1.61. The molecule has 2 aromatic heterocycles. The smallest absolute Gasteiger partial charge is 0.251 e. The van der Waals surface area contributed by atoms with Crippen molar-refractivity contribution in [2.24, 2.45) is 0 Å². The van der Waals surface area contributed by atoms with Gasteiger partial charge in [0.15, 0.2) is 11.5 Å². The molecule has 1 atom stereocenters. The summed E-state index contributed by atoms with van der Waals surface area (Å²) < 4.78 is 6.95. The predicted octanol–water partition coefficient (Wildman–Crippen LogP) is 3.20. The Morgan fingerprint density at radius 1 is 1.03 bits per heavy atom. The molecule has 0 aliphatic carbocycles. The summed E-state index contributed by atoms with van der Waals surface area (Å²) in [6.07, 6.45) is 1.91. The number of aromatic nitrogens is 4. The van der Waals surface area contributed by atoms with Gasteiger partial charge in [-0.05, 0) is 49.2 Å². The number of benzene rings is 2. The van der Waals surface area contributed by atoms with Gasteiger partial charge in [-0.1, -0.05) is 30.3 Å². The highest BCUT2D eigenvalue weighted by Crippen LogP contribution is 2.22. The van der Waals surface area contributed by atoms with Crippen molar-refractivity contribution in [1.29, 1.82) is 0 Å². The van der Waals surface area contributed by atoms with Crippen LogP contribution < -0.4 is 15.0 Å². The Balaban J connectivity index is 1.33. The Morgan fingerprint density at radius 3 is 2.62 bits per heavy atom. The standard InChI is InChI=1S/C24H24N6O2/c1-32-20-11-9-18(10-12-20)24(31)25-19-8-5-15-29(16-19)22-14-13-21-26-27-23(30(21)28-22)17-6-3-2-4-7-17/h2-4,6-7,9-14,19H,5,8,15-16H2,1H3,(H,25,31). The Labute approximate surface area is 185 Å². The zero-order chi connectivity index (χ0) is 21.9. The fourth-order valence-electron chi connectivity index (χ4n) is 4.03. The molecule has 1 unspecified atom stereocenters. The molecular weight excluding hydrogens is 404 g/mol. The molecule has 0 saturated carbocycles. The first-order valence-corrected chi connectivity index (χ1v) is 10.7. The summed E-state index contributed by atoms with van der Waals surface area (Å²) in [5, 5.41) is 16.5. The molecule has 5 rings (SSSR count). The number of anilines is 1. The van der Waals surface area contributed by atoms with E-state index in [-0.39, 0.29) is 11.9 Å². The molecule has 32 heavy (non-hydrogen) atoms. The minimum absolute atomic E-state index is 0.0466. The molecule has 1 saturated heterocycles. The number of carbonyl (C=O) groups excluding carboxylic acids is 1. The third-order valence-electron chi connectivity index (χ3n) is 5.71. The summed E-state index contributed by atoms with van der Waals surface area (Å²) in [6.45, 7) is 1.58. The molecule has 8 heteroatoms. The maximum absolute atomic E-state index is 12.7. The first-order valence-electron chi connectivity index (χ1n) is 10.7. The van der Waals surface area contributed by atoms with E-state index in [1.165, 1.54) is 0 Å². The number of hydrogen-bond acceptors (Lipinski definition) is 6. The zero-order valence-corrected chi connectivity index (χ0v) is 17.8. The van der Waals surface area contributed by atoms with Gasteiger partial charge in [-0.3, -0.25) is 4.79 Å². The van der Waals surface area contributed by atoms with Crippen LogP contribution in [0.15, 0.2) is 66.7 Å². The Bertz CT molecular complexity index is 1220. The number of piperidine rings is 1. The van der Waals surface area contributed by atoms with Crippen LogP contribution >= 0.6 is 0 Å². The van der Waals surface area contributed by atoms with Crippen LogP contribution in [0.2, 0.25) is 0 Å². The second-order valence-corrected chi connectivity index (χ2v) is 7.84. The van der Waals surface area contributed by atoms with E-state index in [9.17, 15) is 4.79 Å². The molecule has 1 N–H and O–H groups in total. The van der Waals surface area contributed by atoms with Crippen molar-refractivity contribution >= 4 is 17.4 Å². The predicted molar refractivity (Wildman–Crippen MR) is 122 cm³/mol. The largest absolute Gasteiger partial charge is 0.497 e. The van der Waals surface area contributed by atoms with E-state index in [1.807, 2.05) is 42.5 Å². The van der Waals surface area contributed by atoms with Crippen LogP contribution in [0.1, 0.15) is 23.2 Å². The number of nitrogens with zero attached hydrogens (tertiary/aromatic N) is 5. The summed E-state index contributed by atoms with van der Waals surface area (Å²) >= 11 is 0. The molecule has 8 nitrogen and oxygen atoms in total. The van der Waals surface area contributed by atoms with Crippen molar-refractivity contribution in [3.05, 3.63) is 72.3 Å². The van der Waals surface area contributed by atoms with E-state index in [0.717, 1.165) is 36.5 Å². The molecule has 0 radical (unpaired) electrons. The molecule has 1 aliphatic heterocycles. The first-order chi connectivity index (χ1) is 15.7. The van der Waals surface area contributed by atoms with Crippen LogP contribution in [0.5, 0.6) is 5.75 Å². The van der Waals surface area contributed by atoms with Crippen LogP contribution in [-0.2, 0) is 0 Å². The topological polar surface area (TPSA) is 84.6 Å². The first kappa shape index (κ1) is 20.0. The molecule has 1 aliphatic rings. The van der Waals surface area contributed by atoms with Crippen molar-refractivity contribution in [2.75, 3.05) is 25.1 Å². The zero-order valence-electron chi connectivity index (χ0n) is 17.8. The molecule has 1 amide bonds. The van der Waals surface area contributed by atoms with Gasteiger partial charge in [0, 0.05) is 30.3 Å². The lowest BCUT2D eigenvalue weighted by Gasteiger charge is -2.33. The van der Waals surface area contributed by atoms with Crippen molar-refractivity contribution in [2.45, 2.75) is 18.9 Å². The molecule has 4 aromatic rings. The Hall–Kier alpha value is -3.94. The van der Waals surface area contributed by atoms with Crippen LogP contribution in [0.4, 0.5) is 5.82 Å². The lowest BCUT2D eigenvalue weighted by molar-refractivity contribution is 0.0933. The second-order valence-electron chi connectivity index (χ2n) is 7.84. The van der Waals surface area contributed by atoms with Gasteiger partial charge in [-0.2, -0.15) is 4.52 Å². The highest BCUT2D eigenvalue weighted by molar-refractivity contribution is 5.94. The highest BCUT2D eigenvalue weighted by atomic mass is 16.5. The van der Waals surface area contributed by atoms with E-state index in [4.69, 9.17) is 9.84 Å². The van der Waals surface area contributed by atoms with Crippen molar-refractivity contribution in [3.8, 4) is 17.1 Å². The monoisotopic (exact) mass is 428 g/mol. The van der Waals surface area contributed by atoms with Crippen molar-refractivity contribution < 1.29 is 9.53 Å². The molecule has 0 bridgehead atoms. The molecule has 0 spiro atoms. The van der Waals surface area contributed by atoms with Crippen LogP contribution in [-0.4, -0.2) is 52.0 Å². The average Bonchev–Trinajstić information content (AvgIpc) is 3.28. The Morgan fingerprint density at radius 2 is 1.84 bits per heavy atom. The number of methoxy groups -OCH3 is 1. The van der Waals surface area contributed by atoms with Gasteiger partial charge >= 0.3 is 0 Å². The molecular formula is C24H24N6O2. The SMILES string of the molecule is COc1ccc(C(=O)NC2CCCN(c3ccc4nnc(-c5ccccc5)n4n3)C2)cc1. The fraction of sp³-hybridized carbons (Fsp3) is 0.250. The summed E-state index contributed by atoms with van der Waals surface area (Å²) in [4.78, 5) is 14.9. The normalized spacial score (nSPS) is 16.2.